The molecule has 2 N–H and O–H groups in total. The molecule has 70 valence electrons. The van der Waals surface area contributed by atoms with E-state index in [1.165, 1.54) is 15.4 Å². The van der Waals surface area contributed by atoms with E-state index in [0.29, 0.717) is 6.54 Å². The molecule has 0 aromatic rings. The highest BCUT2D eigenvalue weighted by atomic mass is 32.2. The van der Waals surface area contributed by atoms with Crippen LogP contribution in [0.2, 0.25) is 0 Å². The van der Waals surface area contributed by atoms with Crippen LogP contribution in [0.15, 0.2) is 21.5 Å². The zero-order valence-corrected chi connectivity index (χ0v) is 9.29. The van der Waals surface area contributed by atoms with Crippen molar-refractivity contribution in [1.29, 1.82) is 0 Å². The zero-order valence-electron chi connectivity index (χ0n) is 8.48. The molecule has 0 rings (SSSR count). The van der Waals surface area contributed by atoms with Crippen LogP contribution < -0.4 is 5.73 Å². The van der Waals surface area contributed by atoms with E-state index in [4.69, 9.17) is 5.73 Å². The number of allylic oxidation sites excluding steroid dienone is 3. The van der Waals surface area contributed by atoms with Crippen molar-refractivity contribution in [3.05, 3.63) is 21.5 Å². The quantitative estimate of drug-likeness (QED) is 0.727. The fraction of sp³-hybridized carbons (Fsp3) is 0.600. The average Bonchev–Trinajstić information content (AvgIpc) is 2.00. The van der Waals surface area contributed by atoms with Crippen LogP contribution in [0.1, 0.15) is 34.1 Å². The second kappa shape index (κ2) is 6.32. The van der Waals surface area contributed by atoms with E-state index >= 15 is 0 Å². The van der Waals surface area contributed by atoms with Gasteiger partial charge in [0.25, 0.3) is 0 Å². The summed E-state index contributed by atoms with van der Waals surface area (Å²) in [4.78, 5) is 2.64. The Morgan fingerprint density at radius 1 is 1.33 bits per heavy atom. The molecule has 0 fully saturated rings. The van der Waals surface area contributed by atoms with Crippen molar-refractivity contribution in [2.75, 3.05) is 6.54 Å². The zero-order chi connectivity index (χ0) is 9.56. The van der Waals surface area contributed by atoms with Crippen molar-refractivity contribution in [2.45, 2.75) is 34.1 Å². The summed E-state index contributed by atoms with van der Waals surface area (Å²) in [6.45, 7) is 9.15. The molecule has 0 saturated heterocycles. The molecule has 12 heavy (non-hydrogen) atoms. The van der Waals surface area contributed by atoms with Gasteiger partial charge >= 0.3 is 0 Å². The predicted molar refractivity (Wildman–Crippen MR) is 59.1 cm³/mol. The molecule has 0 aliphatic carbocycles. The Hall–Kier alpha value is -0.210. The van der Waals surface area contributed by atoms with Gasteiger partial charge in [0, 0.05) is 11.4 Å². The highest BCUT2D eigenvalue weighted by Gasteiger charge is 1.98. The molecule has 0 saturated carbocycles. The van der Waals surface area contributed by atoms with Gasteiger partial charge in [-0.2, -0.15) is 0 Å². The van der Waals surface area contributed by atoms with Crippen molar-refractivity contribution >= 4 is 11.8 Å². The second-order valence-corrected chi connectivity index (χ2v) is 4.29. The maximum atomic E-state index is 5.61. The Morgan fingerprint density at radius 3 is 2.25 bits per heavy atom. The monoisotopic (exact) mass is 185 g/mol. The summed E-state index contributed by atoms with van der Waals surface area (Å²) in [6, 6.07) is 0. The molecule has 0 radical (unpaired) electrons. The molecule has 0 unspecified atom stereocenters. The molecule has 0 aliphatic rings. The number of rotatable bonds is 4. The topological polar surface area (TPSA) is 26.0 Å². The standard InChI is InChI=1S/C10H19NS/c1-5-6-9(4)12-10(7-11)8(2)3/h6H,5,7,11H2,1-4H3/b9-6-. The fourth-order valence-corrected chi connectivity index (χ4v) is 1.80. The molecule has 0 heterocycles. The smallest absolute Gasteiger partial charge is 0.0241 e. The molecular weight excluding hydrogens is 166 g/mol. The van der Waals surface area contributed by atoms with Gasteiger partial charge in [0.2, 0.25) is 0 Å². The maximum absolute atomic E-state index is 5.61. The highest BCUT2D eigenvalue weighted by molar-refractivity contribution is 8.06. The third kappa shape index (κ3) is 4.62. The predicted octanol–water partition coefficient (Wildman–Crippen LogP) is 3.29. The van der Waals surface area contributed by atoms with Gasteiger partial charge in [-0.05, 0) is 32.1 Å². The molecule has 0 amide bonds. The number of hydrogen-bond donors (Lipinski definition) is 1. The molecule has 0 aliphatic heterocycles. The van der Waals surface area contributed by atoms with Crippen LogP contribution in [-0.2, 0) is 0 Å². The molecule has 0 aromatic carbocycles. The summed E-state index contributed by atoms with van der Waals surface area (Å²) >= 11 is 1.79. The Bertz CT molecular complexity index is 188. The molecule has 0 spiro atoms. The Kier molecular flexibility index (Phi) is 6.21. The number of hydrogen-bond acceptors (Lipinski definition) is 2. The number of nitrogens with two attached hydrogens (primary N) is 1. The Labute approximate surface area is 80.1 Å². The normalized spacial score (nSPS) is 11.6. The van der Waals surface area contributed by atoms with Crippen molar-refractivity contribution in [3.8, 4) is 0 Å². The second-order valence-electron chi connectivity index (χ2n) is 2.95. The van der Waals surface area contributed by atoms with Gasteiger partial charge in [0.15, 0.2) is 0 Å². The minimum atomic E-state index is 0.655. The van der Waals surface area contributed by atoms with Crippen molar-refractivity contribution < 1.29 is 0 Å². The number of thioether (sulfide) groups is 1. The first-order chi connectivity index (χ1) is 5.61. The maximum Gasteiger partial charge on any atom is 0.0241 e. The van der Waals surface area contributed by atoms with Crippen LogP contribution in [0.5, 0.6) is 0 Å². The summed E-state index contributed by atoms with van der Waals surface area (Å²) in [5, 5.41) is 0. The van der Waals surface area contributed by atoms with E-state index in [1.807, 2.05) is 0 Å². The van der Waals surface area contributed by atoms with Gasteiger partial charge < -0.3 is 5.73 Å². The van der Waals surface area contributed by atoms with Crippen LogP contribution in [0, 0.1) is 0 Å². The minimum Gasteiger partial charge on any atom is -0.326 e. The lowest BCUT2D eigenvalue weighted by atomic mass is 10.3. The lowest BCUT2D eigenvalue weighted by Gasteiger charge is -2.06. The van der Waals surface area contributed by atoms with Gasteiger partial charge in [-0.1, -0.05) is 30.3 Å². The molecule has 1 nitrogen and oxygen atoms in total. The van der Waals surface area contributed by atoms with Crippen LogP contribution in [0.25, 0.3) is 0 Å². The van der Waals surface area contributed by atoms with E-state index in [1.54, 1.807) is 11.8 Å². The Morgan fingerprint density at radius 2 is 1.92 bits per heavy atom. The van der Waals surface area contributed by atoms with Crippen molar-refractivity contribution in [2.24, 2.45) is 5.73 Å². The lowest BCUT2D eigenvalue weighted by molar-refractivity contribution is 1.18. The first-order valence-corrected chi connectivity index (χ1v) is 5.14. The summed E-state index contributed by atoms with van der Waals surface area (Å²) in [7, 11) is 0. The van der Waals surface area contributed by atoms with E-state index < -0.39 is 0 Å². The van der Waals surface area contributed by atoms with Gasteiger partial charge in [-0.15, -0.1) is 0 Å². The minimum absolute atomic E-state index is 0.655. The molecule has 0 atom stereocenters. The summed E-state index contributed by atoms with van der Waals surface area (Å²) in [6.07, 6.45) is 3.32. The van der Waals surface area contributed by atoms with Crippen LogP contribution in [0.4, 0.5) is 0 Å². The summed E-state index contributed by atoms with van der Waals surface area (Å²) in [5.41, 5.74) is 6.94. The van der Waals surface area contributed by atoms with E-state index in [-0.39, 0.29) is 0 Å². The summed E-state index contributed by atoms with van der Waals surface area (Å²) < 4.78 is 0. The van der Waals surface area contributed by atoms with E-state index in [2.05, 4.69) is 33.8 Å². The first kappa shape index (κ1) is 11.8. The van der Waals surface area contributed by atoms with Crippen LogP contribution in [0.3, 0.4) is 0 Å². The molecular formula is C10H19NS. The van der Waals surface area contributed by atoms with Crippen molar-refractivity contribution in [3.63, 3.8) is 0 Å². The SMILES string of the molecule is CC/C=C(/C)SC(CN)=C(C)C. The van der Waals surface area contributed by atoms with E-state index in [9.17, 15) is 0 Å². The van der Waals surface area contributed by atoms with Crippen molar-refractivity contribution in [1.82, 2.24) is 0 Å². The third-order valence-electron chi connectivity index (χ3n) is 1.52. The highest BCUT2D eigenvalue weighted by Crippen LogP contribution is 2.26. The fourth-order valence-electron chi connectivity index (χ4n) is 0.871. The summed E-state index contributed by atoms with van der Waals surface area (Å²) in [5.74, 6) is 0. The van der Waals surface area contributed by atoms with Gasteiger partial charge in [-0.3, -0.25) is 0 Å². The molecule has 0 aromatic heterocycles. The van der Waals surface area contributed by atoms with Gasteiger partial charge in [-0.25, -0.2) is 0 Å². The largest absolute Gasteiger partial charge is 0.326 e. The third-order valence-corrected chi connectivity index (χ3v) is 2.83. The Balaban J connectivity index is 4.23. The van der Waals surface area contributed by atoms with Crippen LogP contribution in [-0.4, -0.2) is 6.54 Å². The van der Waals surface area contributed by atoms with Gasteiger partial charge in [0.1, 0.15) is 0 Å². The van der Waals surface area contributed by atoms with E-state index in [0.717, 1.165) is 6.42 Å². The van der Waals surface area contributed by atoms with Gasteiger partial charge in [0.05, 0.1) is 0 Å². The lowest BCUT2D eigenvalue weighted by Crippen LogP contribution is -2.01. The van der Waals surface area contributed by atoms with Crippen LogP contribution >= 0.6 is 11.8 Å². The molecule has 2 heteroatoms. The first-order valence-electron chi connectivity index (χ1n) is 4.32. The molecule has 0 bridgehead atoms. The average molecular weight is 185 g/mol.